The molecule has 0 fully saturated rings. The van der Waals surface area contributed by atoms with Crippen LogP contribution in [0.15, 0.2) is 18.2 Å². The Balaban J connectivity index is 2.55. The van der Waals surface area contributed by atoms with Crippen LogP contribution in [-0.2, 0) is 12.4 Å². The normalized spacial score (nSPS) is 12.1. The molecule has 20 heavy (non-hydrogen) atoms. The van der Waals surface area contributed by atoms with Gasteiger partial charge in [-0.1, -0.05) is 26.8 Å². The van der Waals surface area contributed by atoms with E-state index in [0.717, 1.165) is 35.6 Å². The third kappa shape index (κ3) is 2.93. The van der Waals surface area contributed by atoms with Gasteiger partial charge in [0.05, 0.1) is 18.0 Å². The predicted molar refractivity (Wildman–Crippen MR) is 84.5 cm³/mol. The van der Waals surface area contributed by atoms with Gasteiger partial charge in [0.2, 0.25) is 0 Å². The number of fused-ring (bicyclic) bond motifs is 1. The number of benzene rings is 1. The van der Waals surface area contributed by atoms with Crippen LogP contribution < -0.4 is 4.74 Å². The van der Waals surface area contributed by atoms with Crippen molar-refractivity contribution in [3.8, 4) is 5.75 Å². The van der Waals surface area contributed by atoms with Crippen LogP contribution in [0.5, 0.6) is 5.75 Å². The second kappa shape index (κ2) is 6.04. The Morgan fingerprint density at radius 2 is 2.05 bits per heavy atom. The topological polar surface area (TPSA) is 27.1 Å². The highest BCUT2D eigenvalue weighted by molar-refractivity contribution is 6.16. The molecule has 0 aliphatic heterocycles. The molecule has 0 saturated carbocycles. The second-order valence-electron chi connectivity index (χ2n) is 5.82. The molecular weight excluding hydrogens is 272 g/mol. The zero-order valence-electron chi connectivity index (χ0n) is 12.7. The standard InChI is InChI=1S/C16H23ClN2O/c1-5-16(3,4)11-19-12-8-7-9-13(20-6-2)15(12)18-14(19)10-17/h7-9H,5-6,10-11H2,1-4H3. The molecule has 0 spiro atoms. The fraction of sp³-hybridized carbons (Fsp3) is 0.562. The molecule has 0 saturated heterocycles. The molecule has 0 aliphatic carbocycles. The van der Waals surface area contributed by atoms with Gasteiger partial charge in [0, 0.05) is 6.54 Å². The van der Waals surface area contributed by atoms with E-state index in [1.54, 1.807) is 0 Å². The van der Waals surface area contributed by atoms with E-state index in [0.29, 0.717) is 12.5 Å². The van der Waals surface area contributed by atoms with Crippen LogP contribution in [0.1, 0.15) is 39.9 Å². The molecule has 0 aliphatic rings. The lowest BCUT2D eigenvalue weighted by Gasteiger charge is -2.24. The van der Waals surface area contributed by atoms with Crippen molar-refractivity contribution >= 4 is 22.6 Å². The molecule has 0 unspecified atom stereocenters. The number of halogens is 1. The molecule has 3 nitrogen and oxygen atoms in total. The van der Waals surface area contributed by atoms with Crippen LogP contribution in [-0.4, -0.2) is 16.2 Å². The maximum atomic E-state index is 6.08. The largest absolute Gasteiger partial charge is 0.492 e. The van der Waals surface area contributed by atoms with Gasteiger partial charge >= 0.3 is 0 Å². The van der Waals surface area contributed by atoms with Gasteiger partial charge in [-0.05, 0) is 30.9 Å². The first kappa shape index (κ1) is 15.2. The van der Waals surface area contributed by atoms with E-state index >= 15 is 0 Å². The maximum absolute atomic E-state index is 6.08. The summed E-state index contributed by atoms with van der Waals surface area (Å²) in [6.07, 6.45) is 1.11. The molecule has 1 aromatic carbocycles. The molecule has 0 bridgehead atoms. The number of aromatic nitrogens is 2. The molecule has 0 radical (unpaired) electrons. The first-order valence-corrected chi connectivity index (χ1v) is 7.72. The van der Waals surface area contributed by atoms with E-state index in [-0.39, 0.29) is 5.41 Å². The summed E-state index contributed by atoms with van der Waals surface area (Å²) < 4.78 is 7.90. The lowest BCUT2D eigenvalue weighted by Crippen LogP contribution is -2.19. The highest BCUT2D eigenvalue weighted by Crippen LogP contribution is 2.30. The summed E-state index contributed by atoms with van der Waals surface area (Å²) in [6, 6.07) is 6.07. The number of nitrogens with zero attached hydrogens (tertiary/aromatic N) is 2. The Hall–Kier alpha value is -1.22. The smallest absolute Gasteiger partial charge is 0.147 e. The number of hydrogen-bond acceptors (Lipinski definition) is 2. The molecule has 0 N–H and O–H groups in total. The van der Waals surface area contributed by atoms with E-state index in [1.165, 1.54) is 0 Å². The first-order valence-electron chi connectivity index (χ1n) is 7.19. The minimum atomic E-state index is 0.218. The van der Waals surface area contributed by atoms with Gasteiger partial charge in [0.15, 0.2) is 0 Å². The van der Waals surface area contributed by atoms with Gasteiger partial charge in [-0.25, -0.2) is 4.98 Å². The third-order valence-corrected chi connectivity index (χ3v) is 4.02. The number of para-hydroxylation sites is 1. The zero-order valence-corrected chi connectivity index (χ0v) is 13.5. The number of rotatable bonds is 6. The van der Waals surface area contributed by atoms with Crippen LogP contribution in [0.25, 0.3) is 11.0 Å². The molecule has 0 atom stereocenters. The third-order valence-electron chi connectivity index (χ3n) is 3.78. The number of imidazole rings is 1. The van der Waals surface area contributed by atoms with Crippen molar-refractivity contribution in [1.82, 2.24) is 9.55 Å². The minimum Gasteiger partial charge on any atom is -0.492 e. The average molecular weight is 295 g/mol. The summed E-state index contributed by atoms with van der Waals surface area (Å²) in [5, 5.41) is 0. The molecule has 4 heteroatoms. The quantitative estimate of drug-likeness (QED) is 0.728. The Morgan fingerprint density at radius 1 is 1.30 bits per heavy atom. The van der Waals surface area contributed by atoms with Crippen molar-refractivity contribution in [1.29, 1.82) is 0 Å². The highest BCUT2D eigenvalue weighted by Gasteiger charge is 2.21. The SMILES string of the molecule is CCOc1cccc2c1nc(CCl)n2CC(C)(C)CC. The maximum Gasteiger partial charge on any atom is 0.147 e. The van der Waals surface area contributed by atoms with Crippen molar-refractivity contribution in [2.75, 3.05) is 6.61 Å². The lowest BCUT2D eigenvalue weighted by molar-refractivity contribution is 0.295. The van der Waals surface area contributed by atoms with Gasteiger partial charge in [0.25, 0.3) is 0 Å². The fourth-order valence-electron chi connectivity index (χ4n) is 2.26. The molecule has 0 amide bonds. The van der Waals surface area contributed by atoms with Crippen LogP contribution in [0, 0.1) is 5.41 Å². The van der Waals surface area contributed by atoms with E-state index in [2.05, 4.69) is 36.4 Å². The van der Waals surface area contributed by atoms with Crippen molar-refractivity contribution in [3.05, 3.63) is 24.0 Å². The van der Waals surface area contributed by atoms with Gasteiger partial charge in [0.1, 0.15) is 17.1 Å². The average Bonchev–Trinajstić information content (AvgIpc) is 2.78. The minimum absolute atomic E-state index is 0.218. The Kier molecular flexibility index (Phi) is 4.59. The number of alkyl halides is 1. The predicted octanol–water partition coefficient (Wildman–Crippen LogP) is 4.61. The van der Waals surface area contributed by atoms with Crippen molar-refractivity contribution in [2.24, 2.45) is 5.41 Å². The summed E-state index contributed by atoms with van der Waals surface area (Å²) in [6.45, 7) is 10.3. The van der Waals surface area contributed by atoms with Crippen LogP contribution in [0.2, 0.25) is 0 Å². The summed E-state index contributed by atoms with van der Waals surface area (Å²) in [5.74, 6) is 2.17. The number of hydrogen-bond donors (Lipinski definition) is 0. The van der Waals surface area contributed by atoms with Crippen LogP contribution in [0.4, 0.5) is 0 Å². The molecule has 1 aromatic heterocycles. The highest BCUT2D eigenvalue weighted by atomic mass is 35.5. The Morgan fingerprint density at radius 3 is 2.65 bits per heavy atom. The van der Waals surface area contributed by atoms with Gasteiger partial charge < -0.3 is 9.30 Å². The molecule has 2 rings (SSSR count). The fourth-order valence-corrected chi connectivity index (χ4v) is 2.46. The lowest BCUT2D eigenvalue weighted by atomic mass is 9.90. The summed E-state index contributed by atoms with van der Waals surface area (Å²) >= 11 is 6.08. The van der Waals surface area contributed by atoms with Gasteiger partial charge in [-0.2, -0.15) is 0 Å². The van der Waals surface area contributed by atoms with Gasteiger partial charge in [-0.3, -0.25) is 0 Å². The molecular formula is C16H23ClN2O. The van der Waals surface area contributed by atoms with Crippen LogP contribution in [0.3, 0.4) is 0 Å². The van der Waals surface area contributed by atoms with Crippen molar-refractivity contribution < 1.29 is 4.74 Å². The van der Waals surface area contributed by atoms with E-state index < -0.39 is 0 Å². The number of ether oxygens (including phenoxy) is 1. The van der Waals surface area contributed by atoms with E-state index in [9.17, 15) is 0 Å². The Labute approximate surface area is 125 Å². The summed E-state index contributed by atoms with van der Waals surface area (Å²) in [4.78, 5) is 4.67. The van der Waals surface area contributed by atoms with E-state index in [1.807, 2.05) is 19.1 Å². The second-order valence-corrected chi connectivity index (χ2v) is 6.09. The monoisotopic (exact) mass is 294 g/mol. The van der Waals surface area contributed by atoms with Crippen molar-refractivity contribution in [3.63, 3.8) is 0 Å². The summed E-state index contributed by atoms with van der Waals surface area (Å²) in [7, 11) is 0. The first-order chi connectivity index (χ1) is 9.52. The van der Waals surface area contributed by atoms with Crippen molar-refractivity contribution in [2.45, 2.75) is 46.5 Å². The van der Waals surface area contributed by atoms with E-state index in [4.69, 9.17) is 16.3 Å². The molecule has 110 valence electrons. The summed E-state index contributed by atoms with van der Waals surface area (Å²) in [5.41, 5.74) is 2.24. The molecule has 1 heterocycles. The van der Waals surface area contributed by atoms with Crippen LogP contribution >= 0.6 is 11.6 Å². The zero-order chi connectivity index (χ0) is 14.8. The van der Waals surface area contributed by atoms with Gasteiger partial charge in [-0.15, -0.1) is 11.6 Å². The Bertz CT molecular complexity index is 589. The molecule has 2 aromatic rings.